The average Bonchev–Trinajstić information content (AvgIpc) is 3.31. The Bertz CT molecular complexity index is 1010. The third-order valence-electron chi connectivity index (χ3n) is 14.0. The molecule has 0 saturated heterocycles. The van der Waals surface area contributed by atoms with Crippen LogP contribution >= 0.6 is 0 Å². The first-order chi connectivity index (χ1) is 32.9. The first kappa shape index (κ1) is 65.4. The van der Waals surface area contributed by atoms with Gasteiger partial charge in [0.2, 0.25) is 0 Å². The van der Waals surface area contributed by atoms with Gasteiger partial charge in [0.05, 0.1) is 0 Å². The number of hydrogen-bond donors (Lipinski definition) is 0. The molecule has 0 fully saturated rings. The van der Waals surface area contributed by atoms with E-state index in [2.05, 4.69) is 27.7 Å². The third kappa shape index (κ3) is 55.2. The third-order valence-corrected chi connectivity index (χ3v) is 14.0. The molecule has 0 aliphatic heterocycles. The van der Waals surface area contributed by atoms with Crippen molar-refractivity contribution < 1.29 is 28.6 Å². The van der Waals surface area contributed by atoms with E-state index in [4.69, 9.17) is 14.2 Å². The molecule has 0 saturated carbocycles. The van der Waals surface area contributed by atoms with Gasteiger partial charge in [-0.25, -0.2) is 0 Å². The molecule has 0 rings (SSSR count). The van der Waals surface area contributed by atoms with Gasteiger partial charge < -0.3 is 14.2 Å². The van der Waals surface area contributed by atoms with Crippen molar-refractivity contribution in [3.8, 4) is 0 Å². The van der Waals surface area contributed by atoms with E-state index in [1.807, 2.05) is 0 Å². The molecule has 0 aromatic heterocycles. The normalized spacial score (nSPS) is 12.0. The highest BCUT2D eigenvalue weighted by Gasteiger charge is 2.19. The first-order valence-corrected chi connectivity index (χ1v) is 30.4. The van der Waals surface area contributed by atoms with Crippen molar-refractivity contribution in [2.24, 2.45) is 5.92 Å². The number of unbranched alkanes of at least 4 members (excludes halogenated alkanes) is 43. The summed E-state index contributed by atoms with van der Waals surface area (Å²) in [6.45, 7) is 9.08. The number of ether oxygens (including phenoxy) is 3. The Morgan fingerprint density at radius 1 is 0.284 bits per heavy atom. The minimum absolute atomic E-state index is 0.0614. The van der Waals surface area contributed by atoms with Gasteiger partial charge in [-0.05, 0) is 25.2 Å². The molecule has 0 amide bonds. The number of carbonyl (C=O) groups is 3. The summed E-state index contributed by atoms with van der Waals surface area (Å²) in [7, 11) is 0. The highest BCUT2D eigenvalue weighted by atomic mass is 16.6. The largest absolute Gasteiger partial charge is 0.462 e. The SMILES string of the molecule is CCCCCCCCCCCCCCCCCCC(=O)O[C@H](COC(=O)CCCCCCCCCCCCCCCC)COC(=O)CCCCCCCCCCCCCCCCCCC(C)C. The maximum Gasteiger partial charge on any atom is 0.306 e. The van der Waals surface area contributed by atoms with Gasteiger partial charge in [-0.1, -0.05) is 310 Å². The molecule has 6 heteroatoms. The Kier molecular flexibility index (Phi) is 54.0. The second-order valence-electron chi connectivity index (χ2n) is 21.5. The molecule has 0 unspecified atom stereocenters. The Hall–Kier alpha value is -1.59. The van der Waals surface area contributed by atoms with Crippen LogP contribution < -0.4 is 0 Å². The molecule has 398 valence electrons. The molecule has 0 heterocycles. The van der Waals surface area contributed by atoms with Gasteiger partial charge in [0.25, 0.3) is 0 Å². The summed E-state index contributed by atoms with van der Waals surface area (Å²) in [6.07, 6.45) is 60.9. The highest BCUT2D eigenvalue weighted by molar-refractivity contribution is 5.71. The fourth-order valence-corrected chi connectivity index (χ4v) is 9.46. The number of hydrogen-bond acceptors (Lipinski definition) is 6. The Morgan fingerprint density at radius 3 is 0.731 bits per heavy atom. The summed E-state index contributed by atoms with van der Waals surface area (Å²) >= 11 is 0. The lowest BCUT2D eigenvalue weighted by Gasteiger charge is -2.18. The molecule has 0 aromatic carbocycles. The van der Waals surface area contributed by atoms with Crippen molar-refractivity contribution in [1.29, 1.82) is 0 Å². The zero-order chi connectivity index (χ0) is 48.8. The van der Waals surface area contributed by atoms with Gasteiger partial charge in [0.15, 0.2) is 6.10 Å². The molecule has 0 bridgehead atoms. The molecular formula is C61H118O6. The zero-order valence-electron chi connectivity index (χ0n) is 45.9. The van der Waals surface area contributed by atoms with Crippen molar-refractivity contribution in [2.45, 2.75) is 355 Å². The van der Waals surface area contributed by atoms with Gasteiger partial charge in [0, 0.05) is 19.3 Å². The quantitative estimate of drug-likeness (QED) is 0.0343. The minimum Gasteiger partial charge on any atom is -0.462 e. The fraction of sp³-hybridized carbons (Fsp3) is 0.951. The van der Waals surface area contributed by atoms with Crippen LogP contribution in [-0.2, 0) is 28.6 Å². The monoisotopic (exact) mass is 947 g/mol. The Morgan fingerprint density at radius 2 is 0.493 bits per heavy atom. The van der Waals surface area contributed by atoms with Crippen molar-refractivity contribution in [3.05, 3.63) is 0 Å². The van der Waals surface area contributed by atoms with Crippen LogP contribution in [0.4, 0.5) is 0 Å². The average molecular weight is 948 g/mol. The van der Waals surface area contributed by atoms with Crippen molar-refractivity contribution in [3.63, 3.8) is 0 Å². The van der Waals surface area contributed by atoms with Crippen LogP contribution in [0.25, 0.3) is 0 Å². The summed E-state index contributed by atoms with van der Waals surface area (Å²) in [5, 5.41) is 0. The summed E-state index contributed by atoms with van der Waals surface area (Å²) in [5.41, 5.74) is 0. The van der Waals surface area contributed by atoms with E-state index < -0.39 is 6.10 Å². The van der Waals surface area contributed by atoms with Crippen LogP contribution in [0.5, 0.6) is 0 Å². The van der Waals surface area contributed by atoms with E-state index in [1.165, 1.54) is 244 Å². The van der Waals surface area contributed by atoms with Crippen LogP contribution in [0.15, 0.2) is 0 Å². The smallest absolute Gasteiger partial charge is 0.306 e. The van der Waals surface area contributed by atoms with Gasteiger partial charge in [-0.15, -0.1) is 0 Å². The van der Waals surface area contributed by atoms with Gasteiger partial charge in [0.1, 0.15) is 13.2 Å². The molecule has 1 atom stereocenters. The summed E-state index contributed by atoms with van der Waals surface area (Å²) in [6, 6.07) is 0. The second-order valence-corrected chi connectivity index (χ2v) is 21.5. The molecule has 0 N–H and O–H groups in total. The van der Waals surface area contributed by atoms with Crippen LogP contribution in [-0.4, -0.2) is 37.2 Å². The Balaban J connectivity index is 4.27. The summed E-state index contributed by atoms with van der Waals surface area (Å²) in [5.74, 6) is 0.0223. The van der Waals surface area contributed by atoms with E-state index in [0.29, 0.717) is 19.3 Å². The standard InChI is InChI=1S/C61H118O6/c1-5-7-9-11-13-15-17-19-21-25-30-34-38-42-46-50-54-61(64)67-58(55-65-59(62)52-48-44-40-36-32-28-20-18-16-14-12-10-8-6-2)56-66-60(63)53-49-45-41-37-33-29-26-23-22-24-27-31-35-39-43-47-51-57(3)4/h57-58H,5-56H2,1-4H3/t58-/m1/s1. The van der Waals surface area contributed by atoms with Crippen LogP contribution in [0, 0.1) is 5.92 Å². The van der Waals surface area contributed by atoms with E-state index in [-0.39, 0.29) is 31.1 Å². The molecule has 0 spiro atoms. The summed E-state index contributed by atoms with van der Waals surface area (Å²) in [4.78, 5) is 38.2. The minimum atomic E-state index is -0.762. The highest BCUT2D eigenvalue weighted by Crippen LogP contribution is 2.18. The van der Waals surface area contributed by atoms with Gasteiger partial charge in [-0.2, -0.15) is 0 Å². The van der Waals surface area contributed by atoms with Crippen LogP contribution in [0.2, 0.25) is 0 Å². The predicted octanol–water partition coefficient (Wildman–Crippen LogP) is 20.2. The molecule has 0 aliphatic rings. The van der Waals surface area contributed by atoms with Gasteiger partial charge in [-0.3, -0.25) is 14.4 Å². The topological polar surface area (TPSA) is 78.9 Å². The molecule has 6 nitrogen and oxygen atoms in total. The van der Waals surface area contributed by atoms with E-state index in [0.717, 1.165) is 63.7 Å². The lowest BCUT2D eigenvalue weighted by molar-refractivity contribution is -0.167. The molecule has 0 radical (unpaired) electrons. The summed E-state index contributed by atoms with van der Waals surface area (Å²) < 4.78 is 16.9. The molecule has 0 aliphatic carbocycles. The fourth-order valence-electron chi connectivity index (χ4n) is 9.46. The number of carbonyl (C=O) groups excluding carboxylic acids is 3. The van der Waals surface area contributed by atoms with E-state index in [1.54, 1.807) is 0 Å². The molecule has 0 aromatic rings. The van der Waals surface area contributed by atoms with Crippen LogP contribution in [0.1, 0.15) is 349 Å². The maximum absolute atomic E-state index is 12.9. The predicted molar refractivity (Wildman–Crippen MR) is 289 cm³/mol. The van der Waals surface area contributed by atoms with Crippen molar-refractivity contribution in [1.82, 2.24) is 0 Å². The number of rotatable bonds is 56. The Labute approximate surface area is 418 Å². The van der Waals surface area contributed by atoms with Crippen molar-refractivity contribution >= 4 is 17.9 Å². The first-order valence-electron chi connectivity index (χ1n) is 30.4. The number of esters is 3. The lowest BCUT2D eigenvalue weighted by atomic mass is 10.0. The van der Waals surface area contributed by atoms with E-state index >= 15 is 0 Å². The van der Waals surface area contributed by atoms with Gasteiger partial charge >= 0.3 is 17.9 Å². The second kappa shape index (κ2) is 55.3. The molecule has 67 heavy (non-hydrogen) atoms. The van der Waals surface area contributed by atoms with Crippen molar-refractivity contribution in [2.75, 3.05) is 13.2 Å². The van der Waals surface area contributed by atoms with Crippen LogP contribution in [0.3, 0.4) is 0 Å². The maximum atomic E-state index is 12.9. The lowest BCUT2D eigenvalue weighted by Crippen LogP contribution is -2.30. The van der Waals surface area contributed by atoms with E-state index in [9.17, 15) is 14.4 Å². The molecular weight excluding hydrogens is 829 g/mol. The zero-order valence-corrected chi connectivity index (χ0v) is 45.9.